The molecule has 2 aliphatic heterocycles. The van der Waals surface area contributed by atoms with Crippen molar-refractivity contribution in [3.05, 3.63) is 34.5 Å². The highest BCUT2D eigenvalue weighted by Gasteiger charge is 2.34. The summed E-state index contributed by atoms with van der Waals surface area (Å²) >= 11 is 0. The van der Waals surface area contributed by atoms with E-state index in [-0.39, 0.29) is 6.61 Å². The van der Waals surface area contributed by atoms with Crippen LogP contribution in [0.25, 0.3) is 10.4 Å². The predicted octanol–water partition coefficient (Wildman–Crippen LogP) is 2.26. The second-order valence-electron chi connectivity index (χ2n) is 4.87. The van der Waals surface area contributed by atoms with E-state index in [0.29, 0.717) is 37.7 Å². The molecule has 1 aromatic carbocycles. The Morgan fingerprint density at radius 2 is 2.14 bits per heavy atom. The van der Waals surface area contributed by atoms with Gasteiger partial charge in [0, 0.05) is 18.0 Å². The smallest absolute Gasteiger partial charge is 0.414 e. The molecule has 0 radical (unpaired) electrons. The topological polar surface area (TPSA) is 90.8 Å². The standard InChI is InChI=1S/C13H14FN5O3/c14-10-7-9(19-12(16-17-15)8-22-13(19)20)1-2-11(10)18-3-5-21-6-4-18/h1-2,7,12H,3-6,8H2. The van der Waals surface area contributed by atoms with E-state index in [1.807, 2.05) is 4.90 Å². The van der Waals surface area contributed by atoms with Crippen LogP contribution in [0.1, 0.15) is 0 Å². The molecule has 2 aliphatic rings. The van der Waals surface area contributed by atoms with Gasteiger partial charge in [-0.25, -0.2) is 9.18 Å². The van der Waals surface area contributed by atoms with E-state index >= 15 is 0 Å². The summed E-state index contributed by atoms with van der Waals surface area (Å²) in [5.74, 6) is -0.446. The molecule has 1 atom stereocenters. The molecule has 1 unspecified atom stereocenters. The van der Waals surface area contributed by atoms with Crippen LogP contribution >= 0.6 is 0 Å². The third kappa shape index (κ3) is 2.63. The molecule has 3 rings (SSSR count). The Bertz CT molecular complexity index is 628. The second kappa shape index (κ2) is 6.08. The first-order valence-corrected chi connectivity index (χ1v) is 6.83. The van der Waals surface area contributed by atoms with Crippen molar-refractivity contribution in [2.75, 3.05) is 42.7 Å². The van der Waals surface area contributed by atoms with Gasteiger partial charge < -0.3 is 14.4 Å². The largest absolute Gasteiger partial charge is 0.447 e. The van der Waals surface area contributed by atoms with Crippen molar-refractivity contribution in [1.29, 1.82) is 0 Å². The highest BCUT2D eigenvalue weighted by Crippen LogP contribution is 2.29. The first kappa shape index (κ1) is 14.4. The van der Waals surface area contributed by atoms with Crippen LogP contribution in [-0.2, 0) is 9.47 Å². The molecule has 2 heterocycles. The number of halogens is 1. The van der Waals surface area contributed by atoms with Crippen molar-refractivity contribution in [2.24, 2.45) is 5.11 Å². The Kier molecular flexibility index (Phi) is 3.99. The molecular weight excluding hydrogens is 293 g/mol. The van der Waals surface area contributed by atoms with Gasteiger partial charge in [-0.1, -0.05) is 5.11 Å². The molecule has 116 valence electrons. The summed E-state index contributed by atoms with van der Waals surface area (Å²) in [4.78, 5) is 17.4. The minimum absolute atomic E-state index is 0.0459. The van der Waals surface area contributed by atoms with E-state index < -0.39 is 18.1 Å². The Hall–Kier alpha value is -2.51. The fourth-order valence-electron chi connectivity index (χ4n) is 2.54. The molecule has 8 nitrogen and oxygen atoms in total. The van der Waals surface area contributed by atoms with Crippen molar-refractivity contribution in [3.63, 3.8) is 0 Å². The van der Waals surface area contributed by atoms with Gasteiger partial charge in [0.25, 0.3) is 0 Å². The number of carbonyl (C=O) groups excluding carboxylic acids is 1. The molecule has 0 aromatic heterocycles. The lowest BCUT2D eigenvalue weighted by molar-refractivity contribution is 0.122. The van der Waals surface area contributed by atoms with Gasteiger partial charge in [-0.15, -0.1) is 0 Å². The zero-order chi connectivity index (χ0) is 15.5. The van der Waals surface area contributed by atoms with Gasteiger partial charge in [0.2, 0.25) is 0 Å². The molecule has 0 bridgehead atoms. The van der Waals surface area contributed by atoms with E-state index in [1.54, 1.807) is 12.1 Å². The van der Waals surface area contributed by atoms with E-state index in [0.717, 1.165) is 4.90 Å². The van der Waals surface area contributed by atoms with Crippen molar-refractivity contribution in [1.82, 2.24) is 0 Å². The van der Waals surface area contributed by atoms with E-state index in [4.69, 9.17) is 15.0 Å². The number of cyclic esters (lactones) is 1. The lowest BCUT2D eigenvalue weighted by Crippen LogP contribution is -2.37. The van der Waals surface area contributed by atoms with Crippen molar-refractivity contribution < 1.29 is 18.7 Å². The maximum absolute atomic E-state index is 14.4. The van der Waals surface area contributed by atoms with Crippen LogP contribution < -0.4 is 9.80 Å². The number of benzene rings is 1. The molecule has 0 N–H and O–H groups in total. The summed E-state index contributed by atoms with van der Waals surface area (Å²) in [5.41, 5.74) is 9.28. The lowest BCUT2D eigenvalue weighted by atomic mass is 10.2. The van der Waals surface area contributed by atoms with Crippen molar-refractivity contribution >= 4 is 17.5 Å². The average molecular weight is 307 g/mol. The summed E-state index contributed by atoms with van der Waals surface area (Å²) in [6.45, 7) is 2.29. The number of amides is 1. The van der Waals surface area contributed by atoms with Gasteiger partial charge in [0.05, 0.1) is 24.6 Å². The molecule has 9 heteroatoms. The average Bonchev–Trinajstić information content (AvgIpc) is 2.89. The van der Waals surface area contributed by atoms with Gasteiger partial charge in [0.1, 0.15) is 12.4 Å². The van der Waals surface area contributed by atoms with Crippen LogP contribution in [-0.4, -0.2) is 45.2 Å². The molecule has 1 aromatic rings. The highest BCUT2D eigenvalue weighted by atomic mass is 19.1. The number of azide groups is 1. The Morgan fingerprint density at radius 3 is 2.82 bits per heavy atom. The number of morpholine rings is 1. The Morgan fingerprint density at radius 1 is 1.36 bits per heavy atom. The van der Waals surface area contributed by atoms with Gasteiger partial charge in [-0.3, -0.25) is 4.90 Å². The number of rotatable bonds is 3. The van der Waals surface area contributed by atoms with Gasteiger partial charge >= 0.3 is 6.09 Å². The second-order valence-corrected chi connectivity index (χ2v) is 4.87. The van der Waals surface area contributed by atoms with Crippen LogP contribution in [0, 0.1) is 5.82 Å². The van der Waals surface area contributed by atoms with Crippen LogP contribution in [0.4, 0.5) is 20.6 Å². The SMILES string of the molecule is [N-]=[N+]=NC1COC(=O)N1c1ccc(N2CCOCC2)c(F)c1. The minimum atomic E-state index is -0.800. The third-order valence-electron chi connectivity index (χ3n) is 3.60. The molecular formula is C13H14FN5O3. The zero-order valence-electron chi connectivity index (χ0n) is 11.7. The fourth-order valence-corrected chi connectivity index (χ4v) is 2.54. The molecule has 1 amide bonds. The van der Waals surface area contributed by atoms with Gasteiger partial charge in [-0.05, 0) is 23.7 Å². The van der Waals surface area contributed by atoms with Crippen molar-refractivity contribution in [3.8, 4) is 0 Å². The third-order valence-corrected chi connectivity index (χ3v) is 3.60. The van der Waals surface area contributed by atoms with Gasteiger partial charge in [0.15, 0.2) is 6.17 Å². The summed E-state index contributed by atoms with van der Waals surface area (Å²) in [6.07, 6.45) is -1.46. The molecule has 0 saturated carbocycles. The normalized spacial score (nSPS) is 21.5. The number of hydrogen-bond acceptors (Lipinski definition) is 5. The first-order valence-electron chi connectivity index (χ1n) is 6.83. The van der Waals surface area contributed by atoms with Gasteiger partial charge in [-0.2, -0.15) is 0 Å². The quantitative estimate of drug-likeness (QED) is 0.486. The summed E-state index contributed by atoms with van der Waals surface area (Å²) in [6, 6.07) is 4.46. The number of hydrogen-bond donors (Lipinski definition) is 0. The number of anilines is 2. The van der Waals surface area contributed by atoms with Crippen LogP contribution in [0.5, 0.6) is 0 Å². The lowest BCUT2D eigenvalue weighted by Gasteiger charge is -2.29. The highest BCUT2D eigenvalue weighted by molar-refractivity contribution is 5.90. The summed E-state index contributed by atoms with van der Waals surface area (Å²) < 4.78 is 24.4. The zero-order valence-corrected chi connectivity index (χ0v) is 11.7. The van der Waals surface area contributed by atoms with Crippen LogP contribution in [0.3, 0.4) is 0 Å². The summed E-state index contributed by atoms with van der Waals surface area (Å²) in [7, 11) is 0. The fraction of sp³-hybridized carbons (Fsp3) is 0.462. The molecule has 0 spiro atoms. The van der Waals surface area contributed by atoms with Crippen molar-refractivity contribution in [2.45, 2.75) is 6.17 Å². The number of carbonyl (C=O) groups is 1. The van der Waals surface area contributed by atoms with Crippen LogP contribution in [0.15, 0.2) is 23.3 Å². The molecule has 2 saturated heterocycles. The Labute approximate surface area is 125 Å². The molecule has 2 fully saturated rings. The number of nitrogens with zero attached hydrogens (tertiary/aromatic N) is 5. The maximum Gasteiger partial charge on any atom is 0.414 e. The molecule has 22 heavy (non-hydrogen) atoms. The first-order chi connectivity index (χ1) is 10.7. The number of ether oxygens (including phenoxy) is 2. The molecule has 0 aliphatic carbocycles. The maximum atomic E-state index is 14.4. The monoisotopic (exact) mass is 307 g/mol. The van der Waals surface area contributed by atoms with Crippen LogP contribution in [0.2, 0.25) is 0 Å². The van der Waals surface area contributed by atoms with E-state index in [1.165, 1.54) is 6.07 Å². The Balaban J connectivity index is 1.87. The van der Waals surface area contributed by atoms with E-state index in [2.05, 4.69) is 10.0 Å². The predicted molar refractivity (Wildman–Crippen MR) is 76.2 cm³/mol. The minimum Gasteiger partial charge on any atom is -0.447 e. The summed E-state index contributed by atoms with van der Waals surface area (Å²) in [5, 5.41) is 3.49. The van der Waals surface area contributed by atoms with E-state index in [9.17, 15) is 9.18 Å².